The first kappa shape index (κ1) is 15.0. The predicted molar refractivity (Wildman–Crippen MR) is 67.1 cm³/mol. The summed E-state index contributed by atoms with van der Waals surface area (Å²) in [6, 6.07) is 4.27. The van der Waals surface area contributed by atoms with Crippen LogP contribution in [0.5, 0.6) is 0 Å². The van der Waals surface area contributed by atoms with Crippen LogP contribution in [0.15, 0.2) is 18.2 Å². The van der Waals surface area contributed by atoms with Crippen molar-refractivity contribution in [1.82, 2.24) is 0 Å². The van der Waals surface area contributed by atoms with Gasteiger partial charge in [0, 0.05) is 12.8 Å². The molecule has 2 amide bonds. The molecule has 1 aromatic rings. The summed E-state index contributed by atoms with van der Waals surface area (Å²) in [5.74, 6) is -1.19. The molecule has 0 aliphatic carbocycles. The number of piperidine rings is 1. The molecule has 0 N–H and O–H groups in total. The number of benzene rings is 1. The van der Waals surface area contributed by atoms with Crippen molar-refractivity contribution in [1.29, 1.82) is 5.26 Å². The van der Waals surface area contributed by atoms with E-state index >= 15 is 0 Å². The number of imide groups is 1. The third-order valence-electron chi connectivity index (χ3n) is 3.23. The highest BCUT2D eigenvalue weighted by molar-refractivity contribution is 6.16. The van der Waals surface area contributed by atoms with E-state index in [4.69, 9.17) is 5.26 Å². The number of alkyl halides is 3. The number of rotatable bonds is 1. The van der Waals surface area contributed by atoms with Crippen molar-refractivity contribution in [3.05, 3.63) is 29.3 Å². The minimum Gasteiger partial charge on any atom is -0.274 e. The van der Waals surface area contributed by atoms with Gasteiger partial charge in [-0.25, -0.2) is 0 Å². The van der Waals surface area contributed by atoms with E-state index in [1.54, 1.807) is 6.92 Å². The number of carbonyl (C=O) groups excluding carboxylic acids is 2. The third kappa shape index (κ3) is 2.89. The summed E-state index contributed by atoms with van der Waals surface area (Å²) < 4.78 is 38.7. The van der Waals surface area contributed by atoms with Gasteiger partial charge in [0.2, 0.25) is 11.8 Å². The van der Waals surface area contributed by atoms with E-state index in [-0.39, 0.29) is 24.4 Å². The normalized spacial score (nSPS) is 17.0. The molecular formula is C14H11F3N2O2. The maximum Gasteiger partial charge on any atom is 0.417 e. The van der Waals surface area contributed by atoms with Crippen molar-refractivity contribution in [3.63, 3.8) is 0 Å². The molecule has 1 aliphatic rings. The van der Waals surface area contributed by atoms with Gasteiger partial charge >= 0.3 is 6.18 Å². The van der Waals surface area contributed by atoms with Crippen LogP contribution >= 0.6 is 0 Å². The van der Waals surface area contributed by atoms with E-state index < -0.39 is 29.1 Å². The average molecular weight is 296 g/mol. The molecule has 110 valence electrons. The first-order valence-electron chi connectivity index (χ1n) is 6.21. The van der Waals surface area contributed by atoms with Gasteiger partial charge in [-0.2, -0.15) is 18.4 Å². The van der Waals surface area contributed by atoms with Crippen LogP contribution in [-0.4, -0.2) is 11.8 Å². The zero-order valence-electron chi connectivity index (χ0n) is 11.1. The number of halogens is 3. The highest BCUT2D eigenvalue weighted by Gasteiger charge is 2.36. The van der Waals surface area contributed by atoms with Crippen LogP contribution in [0.2, 0.25) is 0 Å². The van der Waals surface area contributed by atoms with E-state index in [9.17, 15) is 22.8 Å². The third-order valence-corrected chi connectivity index (χ3v) is 3.23. The van der Waals surface area contributed by atoms with Gasteiger partial charge in [0.1, 0.15) is 0 Å². The smallest absolute Gasteiger partial charge is 0.274 e. The largest absolute Gasteiger partial charge is 0.417 e. The Morgan fingerprint density at radius 1 is 1.24 bits per heavy atom. The molecule has 0 atom stereocenters. The fourth-order valence-corrected chi connectivity index (χ4v) is 2.28. The Bertz CT molecular complexity index is 629. The summed E-state index contributed by atoms with van der Waals surface area (Å²) in [4.78, 5) is 24.5. The molecule has 1 aliphatic heterocycles. The second-order valence-electron chi connectivity index (χ2n) is 4.98. The fraction of sp³-hybridized carbons (Fsp3) is 0.357. The highest BCUT2D eigenvalue weighted by atomic mass is 19.4. The Balaban J connectivity index is 2.49. The van der Waals surface area contributed by atoms with Gasteiger partial charge < -0.3 is 0 Å². The molecule has 0 spiro atoms. The molecule has 0 unspecified atom stereocenters. The molecule has 0 bridgehead atoms. The van der Waals surface area contributed by atoms with Crippen LogP contribution in [0.3, 0.4) is 0 Å². The van der Waals surface area contributed by atoms with Crippen molar-refractivity contribution in [2.45, 2.75) is 25.9 Å². The van der Waals surface area contributed by atoms with Gasteiger partial charge in [0.05, 0.1) is 22.9 Å². The summed E-state index contributed by atoms with van der Waals surface area (Å²) in [7, 11) is 0. The topological polar surface area (TPSA) is 61.2 Å². The molecule has 1 aromatic carbocycles. The van der Waals surface area contributed by atoms with Crippen molar-refractivity contribution in [2.75, 3.05) is 4.90 Å². The Hall–Kier alpha value is -2.36. The lowest BCUT2D eigenvalue weighted by atomic mass is 9.96. The summed E-state index contributed by atoms with van der Waals surface area (Å²) in [5.41, 5.74) is -1.85. The fourth-order valence-electron chi connectivity index (χ4n) is 2.28. The van der Waals surface area contributed by atoms with Crippen LogP contribution < -0.4 is 4.90 Å². The summed E-state index contributed by atoms with van der Waals surface area (Å²) >= 11 is 0. The van der Waals surface area contributed by atoms with Crippen LogP contribution in [0, 0.1) is 17.2 Å². The van der Waals surface area contributed by atoms with Crippen LogP contribution in [0.25, 0.3) is 0 Å². The summed E-state index contributed by atoms with van der Waals surface area (Å²) in [6.45, 7) is 1.73. The minimum atomic E-state index is -4.73. The van der Waals surface area contributed by atoms with Crippen molar-refractivity contribution in [2.24, 2.45) is 5.92 Å². The van der Waals surface area contributed by atoms with E-state index in [0.29, 0.717) is 6.07 Å². The SMILES string of the molecule is CC1CC(=O)N(c2ccc(C#N)c(C(F)(F)F)c2)C(=O)C1. The van der Waals surface area contributed by atoms with Crippen molar-refractivity contribution >= 4 is 17.5 Å². The second kappa shape index (κ2) is 5.20. The lowest BCUT2D eigenvalue weighted by Gasteiger charge is -2.28. The Morgan fingerprint density at radius 2 is 1.81 bits per heavy atom. The van der Waals surface area contributed by atoms with Crippen LogP contribution in [0.1, 0.15) is 30.9 Å². The number of amides is 2. The molecule has 1 saturated heterocycles. The zero-order valence-corrected chi connectivity index (χ0v) is 11.1. The Morgan fingerprint density at radius 3 is 2.29 bits per heavy atom. The highest BCUT2D eigenvalue weighted by Crippen LogP contribution is 2.35. The van der Waals surface area contributed by atoms with Gasteiger partial charge in [-0.1, -0.05) is 6.92 Å². The number of nitriles is 1. The lowest BCUT2D eigenvalue weighted by molar-refractivity contribution is -0.138. The van der Waals surface area contributed by atoms with E-state index in [1.807, 2.05) is 0 Å². The second-order valence-corrected chi connectivity index (χ2v) is 4.98. The molecule has 0 saturated carbocycles. The van der Waals surface area contributed by atoms with Gasteiger partial charge in [-0.15, -0.1) is 0 Å². The zero-order chi connectivity index (χ0) is 15.8. The van der Waals surface area contributed by atoms with Gasteiger partial charge in [0.15, 0.2) is 0 Å². The minimum absolute atomic E-state index is 0.104. The predicted octanol–water partition coefficient (Wildman–Crippen LogP) is 2.87. The standard InChI is InChI=1S/C14H11F3N2O2/c1-8-4-12(20)19(13(21)5-8)10-3-2-9(7-18)11(6-10)14(15,16)17/h2-3,6,8H,4-5H2,1H3. The first-order chi connectivity index (χ1) is 9.74. The van der Waals surface area contributed by atoms with Crippen LogP contribution in [-0.2, 0) is 15.8 Å². The number of hydrogen-bond donors (Lipinski definition) is 0. The summed E-state index contributed by atoms with van der Waals surface area (Å²) in [5, 5.41) is 8.72. The molecule has 1 heterocycles. The van der Waals surface area contributed by atoms with E-state index in [1.165, 1.54) is 12.1 Å². The van der Waals surface area contributed by atoms with Crippen molar-refractivity contribution in [3.8, 4) is 6.07 Å². The van der Waals surface area contributed by atoms with Crippen molar-refractivity contribution < 1.29 is 22.8 Å². The monoisotopic (exact) mass is 296 g/mol. The average Bonchev–Trinajstić information content (AvgIpc) is 2.36. The number of anilines is 1. The molecule has 2 rings (SSSR count). The molecule has 0 radical (unpaired) electrons. The lowest BCUT2D eigenvalue weighted by Crippen LogP contribution is -2.43. The molecule has 7 heteroatoms. The first-order valence-corrected chi connectivity index (χ1v) is 6.21. The van der Waals surface area contributed by atoms with E-state index in [0.717, 1.165) is 11.0 Å². The molecule has 0 aromatic heterocycles. The van der Waals surface area contributed by atoms with Gasteiger partial charge in [0.25, 0.3) is 0 Å². The molecular weight excluding hydrogens is 285 g/mol. The maximum atomic E-state index is 12.9. The van der Waals surface area contributed by atoms with E-state index in [2.05, 4.69) is 0 Å². The summed E-state index contributed by atoms with van der Waals surface area (Å²) in [6.07, 6.45) is -4.52. The maximum absolute atomic E-state index is 12.9. The van der Waals surface area contributed by atoms with Gasteiger partial charge in [-0.05, 0) is 24.1 Å². The molecule has 4 nitrogen and oxygen atoms in total. The van der Waals surface area contributed by atoms with Crippen LogP contribution in [0.4, 0.5) is 18.9 Å². The number of carbonyl (C=O) groups is 2. The number of nitrogens with zero attached hydrogens (tertiary/aromatic N) is 2. The quantitative estimate of drug-likeness (QED) is 0.749. The Kier molecular flexibility index (Phi) is 3.73. The number of hydrogen-bond acceptors (Lipinski definition) is 3. The molecule has 21 heavy (non-hydrogen) atoms. The Labute approximate surface area is 118 Å². The van der Waals surface area contributed by atoms with Gasteiger partial charge in [-0.3, -0.25) is 14.5 Å². The molecule has 1 fully saturated rings.